The molecule has 30 heavy (non-hydrogen) atoms. The Morgan fingerprint density at radius 1 is 1.10 bits per heavy atom. The van der Waals surface area contributed by atoms with E-state index in [1.54, 1.807) is 28.9 Å². The average molecular weight is 413 g/mol. The van der Waals surface area contributed by atoms with Gasteiger partial charge in [-0.25, -0.2) is 9.97 Å². The highest BCUT2D eigenvalue weighted by Crippen LogP contribution is 2.58. The van der Waals surface area contributed by atoms with Crippen LogP contribution in [0.2, 0.25) is 0 Å². The number of fused-ring (bicyclic) bond motifs is 1. The molecule has 6 rings (SSSR count). The minimum Gasteiger partial charge on any atom is -0.367 e. The zero-order chi connectivity index (χ0) is 20.6. The number of anilines is 1. The molecule has 0 atom stereocenters. The molecule has 3 aromatic heterocycles. The van der Waals surface area contributed by atoms with E-state index in [0.717, 1.165) is 31.7 Å². The highest BCUT2D eigenvalue weighted by Gasteiger charge is 2.64. The highest BCUT2D eigenvalue weighted by atomic mass is 19.4. The maximum absolute atomic E-state index is 13.6. The quantitative estimate of drug-likeness (QED) is 0.675. The topological polar surface area (TPSA) is 54.2 Å². The van der Waals surface area contributed by atoms with Gasteiger partial charge in [0.15, 0.2) is 0 Å². The molecule has 156 valence electrons. The van der Waals surface area contributed by atoms with Crippen LogP contribution in [0.1, 0.15) is 31.2 Å². The Kier molecular flexibility index (Phi) is 3.62. The van der Waals surface area contributed by atoms with Gasteiger partial charge in [-0.05, 0) is 54.9 Å². The normalized spacial score (nSPS) is 22.0. The maximum atomic E-state index is 13.6. The first-order chi connectivity index (χ1) is 14.4. The number of nitrogens with one attached hydrogen (secondary N) is 2. The van der Waals surface area contributed by atoms with Crippen molar-refractivity contribution in [2.24, 2.45) is 5.41 Å². The number of rotatable bonds is 4. The van der Waals surface area contributed by atoms with Crippen molar-refractivity contribution < 1.29 is 13.2 Å². The first kappa shape index (κ1) is 18.2. The molecule has 5 nitrogen and oxygen atoms in total. The summed E-state index contributed by atoms with van der Waals surface area (Å²) < 4.78 is 42.5. The first-order valence-corrected chi connectivity index (χ1v) is 10.4. The fourth-order valence-corrected chi connectivity index (χ4v) is 5.04. The molecule has 0 radical (unpaired) electrons. The van der Waals surface area contributed by atoms with Crippen molar-refractivity contribution in [1.29, 1.82) is 0 Å². The lowest BCUT2D eigenvalue weighted by Crippen LogP contribution is -2.63. The standard InChI is InChI=1S/C22H22F3N5/c23-22(24,25)21(6-7-21)14-4-5-19-27-10-17(30(19)11-14)16-2-1-3-18(29-16)28-15-8-20(9-15)12-26-13-20/h1-5,10-11,15,26H,6-9,12-13H2,(H,28,29). The maximum Gasteiger partial charge on any atom is 0.398 e. The van der Waals surface area contributed by atoms with Crippen LogP contribution in [0, 0.1) is 5.41 Å². The van der Waals surface area contributed by atoms with Crippen LogP contribution < -0.4 is 10.6 Å². The molecule has 1 aliphatic heterocycles. The van der Waals surface area contributed by atoms with Crippen molar-refractivity contribution in [2.75, 3.05) is 18.4 Å². The minimum absolute atomic E-state index is 0.141. The fourth-order valence-electron chi connectivity index (χ4n) is 5.04. The van der Waals surface area contributed by atoms with E-state index in [-0.39, 0.29) is 12.8 Å². The summed E-state index contributed by atoms with van der Waals surface area (Å²) in [6, 6.07) is 9.37. The summed E-state index contributed by atoms with van der Waals surface area (Å²) in [5.41, 5.74) is 1.07. The molecule has 3 fully saturated rings. The first-order valence-electron chi connectivity index (χ1n) is 10.4. The van der Waals surface area contributed by atoms with Crippen molar-refractivity contribution in [1.82, 2.24) is 19.7 Å². The van der Waals surface area contributed by atoms with Gasteiger partial charge in [0.25, 0.3) is 0 Å². The molecule has 2 saturated carbocycles. The summed E-state index contributed by atoms with van der Waals surface area (Å²) >= 11 is 0. The number of aromatic nitrogens is 3. The third kappa shape index (κ3) is 2.66. The van der Waals surface area contributed by atoms with Gasteiger partial charge in [0, 0.05) is 25.3 Å². The zero-order valence-corrected chi connectivity index (χ0v) is 16.3. The Bertz CT molecular complexity index is 1120. The predicted octanol–water partition coefficient (Wildman–Crippen LogP) is 4.15. The molecule has 2 aliphatic carbocycles. The van der Waals surface area contributed by atoms with Crippen molar-refractivity contribution >= 4 is 11.5 Å². The Labute approximate surface area is 171 Å². The van der Waals surface area contributed by atoms with Gasteiger partial charge in [0.05, 0.1) is 23.0 Å². The van der Waals surface area contributed by atoms with Crippen molar-refractivity contribution in [3.05, 3.63) is 48.3 Å². The average Bonchev–Trinajstić information content (AvgIpc) is 3.37. The fraction of sp³-hybridized carbons (Fsp3) is 0.455. The van der Waals surface area contributed by atoms with Crippen molar-refractivity contribution in [3.63, 3.8) is 0 Å². The third-order valence-electron chi connectivity index (χ3n) is 7.07. The van der Waals surface area contributed by atoms with E-state index in [4.69, 9.17) is 4.98 Å². The molecular weight excluding hydrogens is 391 g/mol. The van der Waals surface area contributed by atoms with E-state index in [2.05, 4.69) is 15.6 Å². The highest BCUT2D eigenvalue weighted by molar-refractivity contribution is 5.62. The van der Waals surface area contributed by atoms with E-state index >= 15 is 0 Å². The molecular formula is C22H22F3N5. The van der Waals surface area contributed by atoms with Crippen molar-refractivity contribution in [3.8, 4) is 11.4 Å². The van der Waals surface area contributed by atoms with Gasteiger partial charge in [0.1, 0.15) is 11.5 Å². The minimum atomic E-state index is -4.24. The number of alkyl halides is 3. The van der Waals surface area contributed by atoms with Crippen LogP contribution >= 0.6 is 0 Å². The van der Waals surface area contributed by atoms with Gasteiger partial charge < -0.3 is 10.6 Å². The van der Waals surface area contributed by atoms with E-state index in [1.807, 2.05) is 18.2 Å². The zero-order valence-electron chi connectivity index (χ0n) is 16.3. The Morgan fingerprint density at radius 2 is 1.90 bits per heavy atom. The van der Waals surface area contributed by atoms with E-state index in [1.165, 1.54) is 0 Å². The number of hydrogen-bond acceptors (Lipinski definition) is 4. The monoisotopic (exact) mass is 413 g/mol. The number of halogens is 3. The Morgan fingerprint density at radius 3 is 2.57 bits per heavy atom. The molecule has 1 saturated heterocycles. The number of pyridine rings is 2. The second-order valence-electron chi connectivity index (χ2n) is 9.13. The second kappa shape index (κ2) is 5.97. The molecule has 2 N–H and O–H groups in total. The van der Waals surface area contributed by atoms with Crippen LogP contribution in [0.5, 0.6) is 0 Å². The molecule has 4 heterocycles. The van der Waals surface area contributed by atoms with E-state index in [0.29, 0.717) is 34.1 Å². The Hall–Kier alpha value is -2.61. The van der Waals surface area contributed by atoms with Gasteiger partial charge in [-0.3, -0.25) is 4.40 Å². The predicted molar refractivity (Wildman–Crippen MR) is 107 cm³/mol. The van der Waals surface area contributed by atoms with Crippen molar-refractivity contribution in [2.45, 2.75) is 43.3 Å². The lowest BCUT2D eigenvalue weighted by molar-refractivity contribution is -0.160. The van der Waals surface area contributed by atoms with Gasteiger partial charge >= 0.3 is 6.18 Å². The van der Waals surface area contributed by atoms with Gasteiger partial charge in [-0.1, -0.05) is 12.1 Å². The summed E-state index contributed by atoms with van der Waals surface area (Å²) in [4.78, 5) is 9.10. The lowest BCUT2D eigenvalue weighted by atomic mass is 9.62. The van der Waals surface area contributed by atoms with Crippen LogP contribution in [-0.2, 0) is 5.41 Å². The summed E-state index contributed by atoms with van der Waals surface area (Å²) in [5, 5.41) is 6.84. The summed E-state index contributed by atoms with van der Waals surface area (Å²) in [6.07, 6.45) is 1.59. The van der Waals surface area contributed by atoms with Crippen LogP contribution in [-0.4, -0.2) is 39.7 Å². The van der Waals surface area contributed by atoms with Crippen LogP contribution in [0.4, 0.5) is 19.0 Å². The number of hydrogen-bond donors (Lipinski definition) is 2. The smallest absolute Gasteiger partial charge is 0.367 e. The molecule has 3 aliphatic rings. The molecule has 8 heteroatoms. The largest absolute Gasteiger partial charge is 0.398 e. The van der Waals surface area contributed by atoms with E-state index < -0.39 is 11.6 Å². The van der Waals surface area contributed by atoms with E-state index in [9.17, 15) is 13.2 Å². The number of nitrogens with zero attached hydrogens (tertiary/aromatic N) is 3. The third-order valence-corrected chi connectivity index (χ3v) is 7.07. The van der Waals surface area contributed by atoms with Gasteiger partial charge in [-0.2, -0.15) is 13.2 Å². The van der Waals surface area contributed by atoms with Gasteiger partial charge in [-0.15, -0.1) is 0 Å². The SMILES string of the molecule is FC(F)(F)C1(c2ccc3ncc(-c4cccc(NC5CC6(CNC6)C5)n4)n3c2)CC1. The molecule has 1 spiro atoms. The summed E-state index contributed by atoms with van der Waals surface area (Å²) in [5.74, 6) is 0.791. The molecule has 3 aromatic rings. The summed E-state index contributed by atoms with van der Waals surface area (Å²) in [6.45, 7) is 2.20. The van der Waals surface area contributed by atoms with Crippen LogP contribution in [0.3, 0.4) is 0 Å². The van der Waals surface area contributed by atoms with Gasteiger partial charge in [0.2, 0.25) is 0 Å². The number of imidazole rings is 1. The lowest BCUT2D eigenvalue weighted by Gasteiger charge is -2.54. The van der Waals surface area contributed by atoms with Crippen LogP contribution in [0.25, 0.3) is 17.0 Å². The molecule has 0 unspecified atom stereocenters. The second-order valence-corrected chi connectivity index (χ2v) is 9.13. The Balaban J connectivity index is 1.30. The van der Waals surface area contributed by atoms with Crippen LogP contribution in [0.15, 0.2) is 42.7 Å². The molecule has 0 bridgehead atoms. The molecule has 0 amide bonds. The summed E-state index contributed by atoms with van der Waals surface area (Å²) in [7, 11) is 0. The molecule has 0 aromatic carbocycles.